The van der Waals surface area contributed by atoms with E-state index in [2.05, 4.69) is 17.9 Å². The van der Waals surface area contributed by atoms with Gasteiger partial charge in [-0.2, -0.15) is 0 Å². The monoisotopic (exact) mass is 130 g/mol. The highest BCUT2D eigenvalue weighted by molar-refractivity contribution is 5.81. The summed E-state index contributed by atoms with van der Waals surface area (Å²) < 4.78 is 4.20. The van der Waals surface area contributed by atoms with Crippen LogP contribution in [0.4, 0.5) is 0 Å². The Labute approximate surface area is 52.9 Å². The van der Waals surface area contributed by atoms with Gasteiger partial charge in [-0.25, -0.2) is 4.79 Å². The number of ether oxygens (including phenoxy) is 1. The van der Waals surface area contributed by atoms with Crippen LogP contribution < -0.4 is 0 Å². The topological polar surface area (TPSA) is 26.3 Å². The summed E-state index contributed by atoms with van der Waals surface area (Å²) >= 11 is 0. The minimum Gasteiger partial charge on any atom is -0.432 e. The molecule has 0 fully saturated rings. The minimum atomic E-state index is -0.477. The van der Waals surface area contributed by atoms with Crippen LogP contribution in [0.3, 0.4) is 0 Å². The SMILES string of the molecule is C=COC(=O)C=C.[SiH4]. The van der Waals surface area contributed by atoms with E-state index in [1.807, 2.05) is 0 Å². The summed E-state index contributed by atoms with van der Waals surface area (Å²) in [5.74, 6) is -0.477. The first-order valence-electron chi connectivity index (χ1n) is 1.75. The Morgan fingerprint density at radius 1 is 1.50 bits per heavy atom. The second-order valence-electron chi connectivity index (χ2n) is 0.808. The molecule has 0 amide bonds. The van der Waals surface area contributed by atoms with Crippen molar-refractivity contribution in [1.82, 2.24) is 0 Å². The van der Waals surface area contributed by atoms with Crippen molar-refractivity contribution in [3.8, 4) is 0 Å². The van der Waals surface area contributed by atoms with Crippen molar-refractivity contribution in [2.24, 2.45) is 0 Å². The molecule has 0 radical (unpaired) electrons. The van der Waals surface area contributed by atoms with Crippen molar-refractivity contribution in [2.45, 2.75) is 0 Å². The molecule has 0 aliphatic carbocycles. The van der Waals surface area contributed by atoms with E-state index in [1.165, 1.54) is 0 Å². The lowest BCUT2D eigenvalue weighted by molar-refractivity contribution is -0.132. The molecule has 46 valence electrons. The Hall–Kier alpha value is -0.833. The van der Waals surface area contributed by atoms with Crippen LogP contribution in [0.15, 0.2) is 25.5 Å². The predicted octanol–water partition coefficient (Wildman–Crippen LogP) is -0.593. The van der Waals surface area contributed by atoms with Crippen LogP contribution in [-0.2, 0) is 9.53 Å². The van der Waals surface area contributed by atoms with E-state index in [1.54, 1.807) is 0 Å². The van der Waals surface area contributed by atoms with Crippen molar-refractivity contribution in [3.05, 3.63) is 25.5 Å². The number of hydrogen-bond donors (Lipinski definition) is 0. The smallest absolute Gasteiger partial charge is 0.334 e. The van der Waals surface area contributed by atoms with Crippen molar-refractivity contribution >= 4 is 16.9 Å². The zero-order valence-electron chi connectivity index (χ0n) is 3.89. The summed E-state index contributed by atoms with van der Waals surface area (Å²) in [5, 5.41) is 0. The molecule has 0 aromatic heterocycles. The van der Waals surface area contributed by atoms with Gasteiger partial charge in [0.05, 0.1) is 6.26 Å². The van der Waals surface area contributed by atoms with E-state index in [-0.39, 0.29) is 11.0 Å². The summed E-state index contributed by atoms with van der Waals surface area (Å²) in [7, 11) is 0. The Balaban J connectivity index is 0. The van der Waals surface area contributed by atoms with E-state index in [0.717, 1.165) is 12.3 Å². The van der Waals surface area contributed by atoms with Gasteiger partial charge in [-0.1, -0.05) is 13.2 Å². The maximum Gasteiger partial charge on any atom is 0.334 e. The number of carbonyl (C=O) groups is 1. The summed E-state index contributed by atoms with van der Waals surface area (Å²) in [5.41, 5.74) is 0. The standard InChI is InChI=1S/C5H6O2.H4Si/c1-3-5(6)7-4-2;/h3-4H,1-2H2;1H4. The molecule has 0 bridgehead atoms. The Morgan fingerprint density at radius 2 is 2.00 bits per heavy atom. The van der Waals surface area contributed by atoms with Crippen LogP contribution >= 0.6 is 0 Å². The lowest BCUT2D eigenvalue weighted by Gasteiger charge is -1.85. The molecule has 0 aromatic carbocycles. The maximum atomic E-state index is 10.0. The zero-order chi connectivity index (χ0) is 5.70. The third kappa shape index (κ3) is 5.17. The lowest BCUT2D eigenvalue weighted by atomic mass is 10.7. The van der Waals surface area contributed by atoms with E-state index in [4.69, 9.17) is 0 Å². The molecule has 0 saturated carbocycles. The van der Waals surface area contributed by atoms with E-state index in [9.17, 15) is 4.79 Å². The van der Waals surface area contributed by atoms with Gasteiger partial charge in [0.1, 0.15) is 0 Å². The van der Waals surface area contributed by atoms with Crippen molar-refractivity contribution in [1.29, 1.82) is 0 Å². The largest absolute Gasteiger partial charge is 0.432 e. The first kappa shape index (κ1) is 10.2. The third-order valence-corrected chi connectivity index (χ3v) is 0.366. The lowest BCUT2D eigenvalue weighted by Crippen LogP contribution is -1.90. The number of hydrogen-bond acceptors (Lipinski definition) is 2. The number of carbonyl (C=O) groups excluding carboxylic acids is 1. The van der Waals surface area contributed by atoms with Gasteiger partial charge in [0.2, 0.25) is 0 Å². The molecule has 0 rings (SSSR count). The second kappa shape index (κ2) is 6.17. The van der Waals surface area contributed by atoms with Crippen LogP contribution in [-0.4, -0.2) is 16.9 Å². The Morgan fingerprint density at radius 3 is 2.12 bits per heavy atom. The fraction of sp³-hybridized carbons (Fsp3) is 0. The molecule has 0 saturated heterocycles. The quantitative estimate of drug-likeness (QED) is 0.216. The van der Waals surface area contributed by atoms with Gasteiger partial charge in [-0.15, -0.1) is 0 Å². The zero-order valence-corrected chi connectivity index (χ0v) is 3.89. The fourth-order valence-corrected chi connectivity index (χ4v) is 0.130. The second-order valence-corrected chi connectivity index (χ2v) is 0.808. The molecule has 0 aromatic rings. The van der Waals surface area contributed by atoms with Gasteiger partial charge in [-0.3, -0.25) is 0 Å². The molecule has 0 spiro atoms. The molecule has 0 N–H and O–H groups in total. The average Bonchev–Trinajstić information content (AvgIpc) is 1.68. The van der Waals surface area contributed by atoms with E-state index in [0.29, 0.717) is 0 Å². The number of rotatable bonds is 2. The minimum absolute atomic E-state index is 0. The fourth-order valence-electron chi connectivity index (χ4n) is 0.130. The van der Waals surface area contributed by atoms with Crippen LogP contribution in [0, 0.1) is 0 Å². The predicted molar refractivity (Wildman–Crippen MR) is 37.8 cm³/mol. The Kier molecular flexibility index (Phi) is 7.87. The summed E-state index contributed by atoms with van der Waals surface area (Å²) in [6.45, 7) is 6.31. The average molecular weight is 130 g/mol. The molecule has 2 nitrogen and oxygen atoms in total. The van der Waals surface area contributed by atoms with Crippen molar-refractivity contribution in [3.63, 3.8) is 0 Å². The molecule has 0 unspecified atom stereocenters. The van der Waals surface area contributed by atoms with Gasteiger partial charge >= 0.3 is 5.97 Å². The van der Waals surface area contributed by atoms with Gasteiger partial charge in [-0.05, 0) is 11.0 Å². The summed E-state index contributed by atoms with van der Waals surface area (Å²) in [4.78, 5) is 10.0. The highest BCUT2D eigenvalue weighted by Gasteiger charge is 1.84. The first-order valence-corrected chi connectivity index (χ1v) is 1.75. The molecule has 0 aliphatic heterocycles. The summed E-state index contributed by atoms with van der Waals surface area (Å²) in [6, 6.07) is 0. The van der Waals surface area contributed by atoms with E-state index < -0.39 is 5.97 Å². The first-order chi connectivity index (χ1) is 3.31. The Bertz CT molecular complexity index is 98.6. The number of esters is 1. The maximum absolute atomic E-state index is 10.0. The highest BCUT2D eigenvalue weighted by atomic mass is 28.1. The normalized spacial score (nSPS) is 6.00. The van der Waals surface area contributed by atoms with Gasteiger partial charge in [0.25, 0.3) is 0 Å². The van der Waals surface area contributed by atoms with Gasteiger partial charge < -0.3 is 4.74 Å². The van der Waals surface area contributed by atoms with Crippen molar-refractivity contribution < 1.29 is 9.53 Å². The highest BCUT2D eigenvalue weighted by Crippen LogP contribution is 1.75. The molecule has 0 aliphatic rings. The van der Waals surface area contributed by atoms with Crippen molar-refractivity contribution in [2.75, 3.05) is 0 Å². The van der Waals surface area contributed by atoms with E-state index >= 15 is 0 Å². The molecule has 8 heavy (non-hydrogen) atoms. The van der Waals surface area contributed by atoms with Crippen LogP contribution in [0.5, 0.6) is 0 Å². The molecular weight excluding hydrogens is 120 g/mol. The third-order valence-electron chi connectivity index (χ3n) is 0.366. The van der Waals surface area contributed by atoms with Crippen LogP contribution in [0.2, 0.25) is 0 Å². The van der Waals surface area contributed by atoms with Crippen LogP contribution in [0.25, 0.3) is 0 Å². The molecule has 0 atom stereocenters. The molecular formula is C5H10O2Si. The molecule has 3 heteroatoms. The van der Waals surface area contributed by atoms with Gasteiger partial charge in [0, 0.05) is 6.08 Å². The van der Waals surface area contributed by atoms with Gasteiger partial charge in [0.15, 0.2) is 0 Å². The summed E-state index contributed by atoms with van der Waals surface area (Å²) in [6.07, 6.45) is 2.13. The molecule has 0 heterocycles. The van der Waals surface area contributed by atoms with Crippen LogP contribution in [0.1, 0.15) is 0 Å².